The van der Waals surface area contributed by atoms with E-state index in [0.717, 1.165) is 78.4 Å². The summed E-state index contributed by atoms with van der Waals surface area (Å²) < 4.78 is 13.3. The van der Waals surface area contributed by atoms with Gasteiger partial charge in [-0.1, -0.05) is 234 Å². The molecule has 0 aliphatic heterocycles. The molecule has 0 saturated carbocycles. The standard InChI is InChI=1S/C73H81N5O/c1-68(2,3)49-24-21-26-56(42-49)77-46-76(55-25-22-27-57(44-55)79-58-32-33-62-61-28-19-20-31-63(61)78(64(62)45-58)65-43-50(34-35-74-65)69(4,5)6)67(75-77)66-59(47-36-51(70(7,8)9)40-52(37-47)71(10,11)12)29-23-30-60(66)48-38-53(72(13,14)15)41-54(39-48)73(16,17)18/h19-45H,1-18H3. The molecule has 0 spiro atoms. The van der Waals surface area contributed by atoms with Crippen LogP contribution in [0, 0.1) is 6.33 Å². The Morgan fingerprint density at radius 1 is 0.418 bits per heavy atom. The summed E-state index contributed by atoms with van der Waals surface area (Å²) in [5.41, 5.74) is 16.5. The Bertz CT molecular complexity index is 3770. The summed E-state index contributed by atoms with van der Waals surface area (Å²) in [5.74, 6) is 3.05. The SMILES string of the molecule is CC(C)(C)c1cccc(-[n+]2[c-]n(-c3cccc(Oc4ccc5c6ccccc6n(-c6cc(C(C)(C)C)ccn6)c5c4)c3)c(-c3c(-c4cc(C(C)(C)C)cc(C(C)(C)C)c4)cccc3-c3cc(C(C)(C)C)cc(C(C)(C)C)c3)n2)c1. The van der Waals surface area contributed by atoms with E-state index in [1.807, 2.05) is 16.9 Å². The normalized spacial score (nSPS) is 12.9. The van der Waals surface area contributed by atoms with E-state index in [-0.39, 0.29) is 32.5 Å². The summed E-state index contributed by atoms with van der Waals surface area (Å²) in [6, 6.07) is 57.6. The van der Waals surface area contributed by atoms with Gasteiger partial charge >= 0.3 is 0 Å². The number of hydrogen-bond acceptors (Lipinski definition) is 3. The molecule has 3 heterocycles. The average Bonchev–Trinajstić information content (AvgIpc) is 4.23. The van der Waals surface area contributed by atoms with Crippen LogP contribution in [0.5, 0.6) is 11.5 Å². The van der Waals surface area contributed by atoms with Crippen LogP contribution in [0.25, 0.3) is 72.6 Å². The van der Waals surface area contributed by atoms with Gasteiger partial charge in [-0.05, 0) is 131 Å². The van der Waals surface area contributed by atoms with Gasteiger partial charge in [-0.2, -0.15) is 4.68 Å². The topological polar surface area (TPSA) is 48.8 Å². The zero-order valence-electron chi connectivity index (χ0n) is 50.2. The van der Waals surface area contributed by atoms with Crippen molar-refractivity contribution in [2.24, 2.45) is 0 Å². The Morgan fingerprint density at radius 3 is 1.49 bits per heavy atom. The van der Waals surface area contributed by atoms with Crippen molar-refractivity contribution < 1.29 is 9.42 Å². The maximum Gasteiger partial charge on any atom is 0.273 e. The zero-order valence-corrected chi connectivity index (χ0v) is 50.2. The monoisotopic (exact) mass is 1040 g/mol. The van der Waals surface area contributed by atoms with Crippen molar-refractivity contribution in [1.29, 1.82) is 0 Å². The number of hydrogen-bond donors (Lipinski definition) is 0. The van der Waals surface area contributed by atoms with E-state index in [1.165, 1.54) is 33.4 Å². The molecule has 0 unspecified atom stereocenters. The summed E-state index contributed by atoms with van der Waals surface area (Å²) in [6.07, 6.45) is 5.74. The summed E-state index contributed by atoms with van der Waals surface area (Å²) in [6.45, 7) is 41.3. The minimum absolute atomic E-state index is 0.0398. The molecule has 10 aromatic rings. The lowest BCUT2D eigenvalue weighted by atomic mass is 9.77. The van der Waals surface area contributed by atoms with Crippen molar-refractivity contribution in [3.63, 3.8) is 0 Å². The molecule has 404 valence electrons. The van der Waals surface area contributed by atoms with Gasteiger partial charge in [0.15, 0.2) is 5.82 Å². The third kappa shape index (κ3) is 11.1. The first-order valence-electron chi connectivity index (χ1n) is 28.2. The van der Waals surface area contributed by atoms with E-state index in [2.05, 4.69) is 292 Å². The molecule has 79 heavy (non-hydrogen) atoms. The van der Waals surface area contributed by atoms with Gasteiger partial charge in [0.25, 0.3) is 6.33 Å². The second kappa shape index (κ2) is 19.7. The molecule has 0 aliphatic rings. The van der Waals surface area contributed by atoms with Gasteiger partial charge in [0.05, 0.1) is 22.4 Å². The van der Waals surface area contributed by atoms with Crippen LogP contribution >= 0.6 is 0 Å². The maximum atomic E-state index is 6.98. The van der Waals surface area contributed by atoms with E-state index in [0.29, 0.717) is 5.75 Å². The molecular formula is C73H81N5O. The number of ether oxygens (including phenoxy) is 1. The molecule has 0 N–H and O–H groups in total. The van der Waals surface area contributed by atoms with E-state index in [1.54, 1.807) is 0 Å². The second-order valence-corrected chi connectivity index (χ2v) is 28.1. The highest BCUT2D eigenvalue weighted by atomic mass is 16.5. The van der Waals surface area contributed by atoms with Crippen LogP contribution < -0.4 is 9.42 Å². The minimum Gasteiger partial charge on any atom is -0.458 e. The molecule has 0 bridgehead atoms. The molecule has 0 amide bonds. The maximum absolute atomic E-state index is 6.98. The number of para-hydroxylation sites is 1. The highest BCUT2D eigenvalue weighted by Gasteiger charge is 2.29. The Balaban J connectivity index is 1.22. The number of benzene rings is 7. The van der Waals surface area contributed by atoms with Crippen LogP contribution in [0.4, 0.5) is 0 Å². The fourth-order valence-electron chi connectivity index (χ4n) is 10.5. The summed E-state index contributed by atoms with van der Waals surface area (Å²) >= 11 is 0. The van der Waals surface area contributed by atoms with E-state index in [4.69, 9.17) is 14.8 Å². The van der Waals surface area contributed by atoms with Crippen LogP contribution in [0.3, 0.4) is 0 Å². The lowest BCUT2D eigenvalue weighted by Crippen LogP contribution is -2.33. The fraction of sp³-hybridized carbons (Fsp3) is 0.329. The molecule has 10 rings (SSSR count). The third-order valence-electron chi connectivity index (χ3n) is 15.6. The van der Waals surface area contributed by atoms with Gasteiger partial charge in [0.2, 0.25) is 0 Å². The van der Waals surface area contributed by atoms with Crippen molar-refractivity contribution in [2.75, 3.05) is 0 Å². The summed E-state index contributed by atoms with van der Waals surface area (Å²) in [7, 11) is 0. The molecule has 6 heteroatoms. The van der Waals surface area contributed by atoms with Crippen LogP contribution in [-0.4, -0.2) is 19.2 Å². The molecular weight excluding hydrogens is 963 g/mol. The molecule has 0 fully saturated rings. The average molecular weight is 1040 g/mol. The van der Waals surface area contributed by atoms with Gasteiger partial charge in [0, 0.05) is 28.6 Å². The Morgan fingerprint density at radius 2 is 0.924 bits per heavy atom. The van der Waals surface area contributed by atoms with Crippen molar-refractivity contribution in [1.82, 2.24) is 19.2 Å². The van der Waals surface area contributed by atoms with Crippen LogP contribution in [-0.2, 0) is 32.5 Å². The van der Waals surface area contributed by atoms with Gasteiger partial charge in [-0.15, -0.1) is 5.10 Å². The van der Waals surface area contributed by atoms with Crippen LogP contribution in [0.15, 0.2) is 164 Å². The third-order valence-corrected chi connectivity index (χ3v) is 15.6. The molecule has 0 aliphatic carbocycles. The minimum atomic E-state index is -0.0977. The second-order valence-electron chi connectivity index (χ2n) is 28.1. The predicted molar refractivity (Wildman–Crippen MR) is 331 cm³/mol. The van der Waals surface area contributed by atoms with Gasteiger partial charge in [0.1, 0.15) is 17.3 Å². The summed E-state index contributed by atoms with van der Waals surface area (Å²) in [4.78, 5) is 4.95. The lowest BCUT2D eigenvalue weighted by molar-refractivity contribution is -0.660. The quantitative estimate of drug-likeness (QED) is 0.113. The number of fused-ring (bicyclic) bond motifs is 3. The number of rotatable bonds is 8. The highest BCUT2D eigenvalue weighted by Crippen LogP contribution is 2.45. The molecule has 0 saturated heterocycles. The van der Waals surface area contributed by atoms with Crippen LogP contribution in [0.2, 0.25) is 0 Å². The number of nitrogens with zero attached hydrogens (tertiary/aromatic N) is 5. The molecule has 0 radical (unpaired) electrons. The van der Waals surface area contributed by atoms with Crippen LogP contribution in [0.1, 0.15) is 158 Å². The van der Waals surface area contributed by atoms with E-state index in [9.17, 15) is 0 Å². The van der Waals surface area contributed by atoms with Crippen molar-refractivity contribution in [2.45, 2.75) is 157 Å². The van der Waals surface area contributed by atoms with Gasteiger partial charge < -0.3 is 4.74 Å². The smallest absolute Gasteiger partial charge is 0.273 e. The molecule has 6 nitrogen and oxygen atoms in total. The fourth-order valence-corrected chi connectivity index (χ4v) is 10.5. The Hall–Kier alpha value is -7.57. The largest absolute Gasteiger partial charge is 0.458 e. The first kappa shape index (κ1) is 54.8. The first-order chi connectivity index (χ1) is 36.9. The van der Waals surface area contributed by atoms with E-state index < -0.39 is 0 Å². The van der Waals surface area contributed by atoms with Crippen molar-refractivity contribution in [3.8, 4) is 62.3 Å². The van der Waals surface area contributed by atoms with Gasteiger partial charge in [-0.3, -0.25) is 9.13 Å². The highest BCUT2D eigenvalue weighted by molar-refractivity contribution is 6.09. The lowest BCUT2D eigenvalue weighted by Gasteiger charge is -2.28. The molecule has 0 atom stereocenters. The van der Waals surface area contributed by atoms with E-state index >= 15 is 0 Å². The Labute approximate surface area is 471 Å². The molecule has 7 aromatic carbocycles. The number of pyridine rings is 1. The molecule has 3 aromatic heterocycles. The number of aromatic nitrogens is 5. The summed E-state index contributed by atoms with van der Waals surface area (Å²) in [5, 5.41) is 8.01. The predicted octanol–water partition coefficient (Wildman–Crippen LogP) is 19.0. The van der Waals surface area contributed by atoms with Crippen molar-refractivity contribution >= 4 is 21.8 Å². The first-order valence-corrected chi connectivity index (χ1v) is 28.2. The van der Waals surface area contributed by atoms with Gasteiger partial charge in [-0.25, -0.2) is 4.98 Å². The Kier molecular flexibility index (Phi) is 13.6. The zero-order chi connectivity index (χ0) is 56.8. The van der Waals surface area contributed by atoms with Crippen molar-refractivity contribution in [3.05, 3.63) is 204 Å².